The van der Waals surface area contributed by atoms with Crippen LogP contribution in [0.5, 0.6) is 11.5 Å². The van der Waals surface area contributed by atoms with Gasteiger partial charge in [-0.05, 0) is 38.1 Å². The van der Waals surface area contributed by atoms with E-state index in [-0.39, 0.29) is 24.5 Å². The van der Waals surface area contributed by atoms with Crippen LogP contribution in [0.25, 0.3) is 10.9 Å². The summed E-state index contributed by atoms with van der Waals surface area (Å²) in [5, 5.41) is 11.4. The maximum Gasteiger partial charge on any atom is 0.252 e. The number of aliphatic hydroxyl groups excluding tert-OH is 1. The van der Waals surface area contributed by atoms with E-state index in [1.54, 1.807) is 0 Å². The van der Waals surface area contributed by atoms with E-state index in [0.29, 0.717) is 30.2 Å². The summed E-state index contributed by atoms with van der Waals surface area (Å²) in [6.07, 6.45) is 2.08. The smallest absolute Gasteiger partial charge is 0.252 e. The summed E-state index contributed by atoms with van der Waals surface area (Å²) in [7, 11) is 0. The molecule has 5 rings (SSSR count). The number of H-pyrrole nitrogens is 1. The third kappa shape index (κ3) is 2.76. The van der Waals surface area contributed by atoms with Crippen molar-refractivity contribution in [2.75, 3.05) is 33.0 Å². The van der Waals surface area contributed by atoms with Crippen LogP contribution < -0.4 is 15.0 Å². The molecule has 0 aliphatic carbocycles. The number of aromatic nitrogens is 1. The molecule has 7 heteroatoms. The Kier molecular flexibility index (Phi) is 3.88. The molecule has 0 unspecified atom stereocenters. The lowest BCUT2D eigenvalue weighted by Gasteiger charge is -2.25. The van der Waals surface area contributed by atoms with E-state index in [0.717, 1.165) is 30.5 Å². The van der Waals surface area contributed by atoms with Gasteiger partial charge in [-0.2, -0.15) is 0 Å². The summed E-state index contributed by atoms with van der Waals surface area (Å²) < 4.78 is 10.8. The van der Waals surface area contributed by atoms with E-state index in [2.05, 4.69) is 14.8 Å². The Morgan fingerprint density at radius 2 is 1.88 bits per heavy atom. The SMILES string of the molecule is O=c1[nH]c2cc3c(cc2cc1CN1C[C@H](O)[C@@H](N2CCCC2)C1)OCO3. The Hall–Kier alpha value is -2.09. The zero-order valence-electron chi connectivity index (χ0n) is 14.6. The molecule has 2 saturated heterocycles. The molecule has 2 N–H and O–H groups in total. The van der Waals surface area contributed by atoms with Crippen LogP contribution >= 0.6 is 0 Å². The first-order valence-corrected chi connectivity index (χ1v) is 9.27. The highest BCUT2D eigenvalue weighted by Crippen LogP contribution is 2.35. The van der Waals surface area contributed by atoms with E-state index in [4.69, 9.17) is 9.47 Å². The summed E-state index contributed by atoms with van der Waals surface area (Å²) in [4.78, 5) is 20.0. The molecular formula is C19H23N3O4. The van der Waals surface area contributed by atoms with E-state index in [1.165, 1.54) is 12.8 Å². The highest BCUT2D eigenvalue weighted by atomic mass is 16.7. The monoisotopic (exact) mass is 357 g/mol. The number of β-amino-alcohol motifs (C(OH)–C–C–N with tert-alkyl or cyclic N) is 1. The normalized spacial score (nSPS) is 26.2. The second-order valence-corrected chi connectivity index (χ2v) is 7.49. The van der Waals surface area contributed by atoms with Gasteiger partial charge in [0.25, 0.3) is 5.56 Å². The van der Waals surface area contributed by atoms with Crippen LogP contribution in [0.4, 0.5) is 0 Å². The lowest BCUT2D eigenvalue weighted by atomic mass is 10.1. The number of aromatic amines is 1. The van der Waals surface area contributed by atoms with Gasteiger partial charge < -0.3 is 19.6 Å². The molecule has 2 aromatic rings. The molecule has 4 heterocycles. The Bertz CT molecular complexity index is 890. The molecule has 138 valence electrons. The predicted octanol–water partition coefficient (Wildman–Crippen LogP) is 0.898. The number of fused-ring (bicyclic) bond motifs is 2. The summed E-state index contributed by atoms with van der Waals surface area (Å²) >= 11 is 0. The topological polar surface area (TPSA) is 78.0 Å². The Morgan fingerprint density at radius 3 is 2.69 bits per heavy atom. The summed E-state index contributed by atoms with van der Waals surface area (Å²) in [5.41, 5.74) is 1.38. The minimum absolute atomic E-state index is 0.0875. The summed E-state index contributed by atoms with van der Waals surface area (Å²) in [6, 6.07) is 5.83. The zero-order valence-corrected chi connectivity index (χ0v) is 14.6. The van der Waals surface area contributed by atoms with Gasteiger partial charge in [-0.1, -0.05) is 0 Å². The van der Waals surface area contributed by atoms with Crippen molar-refractivity contribution < 1.29 is 14.6 Å². The van der Waals surface area contributed by atoms with Crippen LogP contribution in [-0.2, 0) is 6.54 Å². The van der Waals surface area contributed by atoms with Gasteiger partial charge in [-0.3, -0.25) is 14.6 Å². The third-order valence-electron chi connectivity index (χ3n) is 5.75. The number of likely N-dealkylation sites (tertiary alicyclic amines) is 2. The fourth-order valence-electron chi connectivity index (χ4n) is 4.41. The van der Waals surface area contributed by atoms with Crippen LogP contribution in [0.2, 0.25) is 0 Å². The van der Waals surface area contributed by atoms with E-state index in [9.17, 15) is 9.90 Å². The van der Waals surface area contributed by atoms with Gasteiger partial charge in [-0.15, -0.1) is 0 Å². The van der Waals surface area contributed by atoms with Gasteiger partial charge in [0.2, 0.25) is 6.79 Å². The van der Waals surface area contributed by atoms with Crippen molar-refractivity contribution in [3.8, 4) is 11.5 Å². The van der Waals surface area contributed by atoms with E-state index < -0.39 is 0 Å². The molecule has 0 saturated carbocycles. The quantitative estimate of drug-likeness (QED) is 0.850. The predicted molar refractivity (Wildman–Crippen MR) is 96.6 cm³/mol. The van der Waals surface area contributed by atoms with E-state index in [1.807, 2.05) is 18.2 Å². The molecule has 0 spiro atoms. The number of pyridine rings is 1. The number of nitrogens with one attached hydrogen (secondary N) is 1. The lowest BCUT2D eigenvalue weighted by molar-refractivity contribution is 0.0978. The van der Waals surface area contributed by atoms with Crippen molar-refractivity contribution in [2.24, 2.45) is 0 Å². The number of aliphatic hydroxyl groups is 1. The van der Waals surface area contributed by atoms with Crippen molar-refractivity contribution in [2.45, 2.75) is 31.5 Å². The first-order valence-electron chi connectivity index (χ1n) is 9.27. The van der Waals surface area contributed by atoms with Gasteiger partial charge in [-0.25, -0.2) is 0 Å². The molecule has 26 heavy (non-hydrogen) atoms. The molecule has 1 aromatic heterocycles. The van der Waals surface area contributed by atoms with Crippen molar-refractivity contribution in [1.29, 1.82) is 0 Å². The van der Waals surface area contributed by atoms with Crippen LogP contribution in [0.15, 0.2) is 23.0 Å². The van der Waals surface area contributed by atoms with Gasteiger partial charge >= 0.3 is 0 Å². The fourth-order valence-corrected chi connectivity index (χ4v) is 4.41. The second kappa shape index (κ2) is 6.26. The van der Waals surface area contributed by atoms with Crippen LogP contribution in [-0.4, -0.2) is 65.0 Å². The molecule has 0 amide bonds. The lowest BCUT2D eigenvalue weighted by Crippen LogP contribution is -2.41. The van der Waals surface area contributed by atoms with Gasteiger partial charge in [0.1, 0.15) is 0 Å². The van der Waals surface area contributed by atoms with Crippen LogP contribution in [0.3, 0.4) is 0 Å². The average Bonchev–Trinajstić information content (AvgIpc) is 3.34. The minimum Gasteiger partial charge on any atom is -0.454 e. The largest absolute Gasteiger partial charge is 0.454 e. The highest BCUT2D eigenvalue weighted by Gasteiger charge is 2.36. The zero-order chi connectivity index (χ0) is 17.7. The van der Waals surface area contributed by atoms with Crippen molar-refractivity contribution in [3.05, 3.63) is 34.1 Å². The maximum absolute atomic E-state index is 12.5. The summed E-state index contributed by atoms with van der Waals surface area (Å²) in [6.45, 7) is 4.31. The minimum atomic E-state index is -0.346. The highest BCUT2D eigenvalue weighted by molar-refractivity contribution is 5.83. The second-order valence-electron chi connectivity index (χ2n) is 7.49. The average molecular weight is 357 g/mol. The number of ether oxygens (including phenoxy) is 2. The molecular weight excluding hydrogens is 334 g/mol. The first-order chi connectivity index (χ1) is 12.7. The molecule has 7 nitrogen and oxygen atoms in total. The number of hydrogen-bond acceptors (Lipinski definition) is 6. The molecule has 0 radical (unpaired) electrons. The molecule has 1 aromatic carbocycles. The van der Waals surface area contributed by atoms with Gasteiger partial charge in [0.05, 0.1) is 11.6 Å². The molecule has 2 fully saturated rings. The number of benzene rings is 1. The van der Waals surface area contributed by atoms with Crippen molar-refractivity contribution in [1.82, 2.24) is 14.8 Å². The summed E-state index contributed by atoms with van der Waals surface area (Å²) in [5.74, 6) is 1.37. The molecule has 0 bridgehead atoms. The molecule has 3 aliphatic rings. The Morgan fingerprint density at radius 1 is 1.12 bits per heavy atom. The number of rotatable bonds is 3. The number of nitrogens with zero attached hydrogens (tertiary/aromatic N) is 2. The standard InChI is InChI=1S/C19H23N3O4/c23-16-10-21(9-15(16)22-3-1-2-4-22)8-13-5-12-6-17-18(26-11-25-17)7-14(12)20-19(13)24/h5-7,15-16,23H,1-4,8-11H2,(H,20,24)/t15-,16-/m0/s1. The Balaban J connectivity index is 1.38. The Labute approximate surface area is 151 Å². The van der Waals surface area contributed by atoms with Gasteiger partial charge in [0, 0.05) is 42.7 Å². The molecule has 3 aliphatic heterocycles. The maximum atomic E-state index is 12.5. The first kappa shape index (κ1) is 16.1. The van der Waals surface area contributed by atoms with Crippen LogP contribution in [0, 0.1) is 0 Å². The molecule has 2 atom stereocenters. The van der Waals surface area contributed by atoms with E-state index >= 15 is 0 Å². The van der Waals surface area contributed by atoms with Crippen molar-refractivity contribution in [3.63, 3.8) is 0 Å². The van der Waals surface area contributed by atoms with Crippen molar-refractivity contribution >= 4 is 10.9 Å². The number of hydrogen-bond donors (Lipinski definition) is 2. The van der Waals surface area contributed by atoms with Crippen LogP contribution in [0.1, 0.15) is 18.4 Å². The third-order valence-corrected chi connectivity index (χ3v) is 5.75. The van der Waals surface area contributed by atoms with Gasteiger partial charge in [0.15, 0.2) is 11.5 Å². The fraction of sp³-hybridized carbons (Fsp3) is 0.526.